The second kappa shape index (κ2) is 57.3. The second-order valence-corrected chi connectivity index (χ2v) is 20.8. The standard InChI is InChI=1S/C64H107O11P/c1-4-7-10-13-16-19-22-25-27-29-30-32-34-37-40-43-46-49-52-55-64(68)75-61(57-71-62(66)53-50-47-44-41-38-36-33-31-28-26-23-20-17-14-11-8-5-2)59-73-76(69,70)72-58-60(56-65)74-63(67)54-51-48-45-42-39-35-24-21-18-15-12-9-6-3/h7-8,10-12,15-17,19-21,24-28,30,32,60-61,65H,4-6,9,13-14,18,22-23,29,31,33-59H2,1-3H3,(H,69,70)/b10-7-,11-8-,15-12-,19-16-,20-17-,24-21-,27-25-,28-26-,32-30-. The van der Waals surface area contributed by atoms with Crippen LogP contribution in [0, 0.1) is 0 Å². The van der Waals surface area contributed by atoms with Crippen LogP contribution in [0.3, 0.4) is 0 Å². The van der Waals surface area contributed by atoms with Gasteiger partial charge in [-0.2, -0.15) is 0 Å². The summed E-state index contributed by atoms with van der Waals surface area (Å²) in [6, 6.07) is 0. The Kier molecular flexibility index (Phi) is 54.4. The molecule has 0 aromatic carbocycles. The van der Waals surface area contributed by atoms with Crippen molar-refractivity contribution < 1.29 is 52.2 Å². The summed E-state index contributed by atoms with van der Waals surface area (Å²) in [7, 11) is -4.77. The van der Waals surface area contributed by atoms with Crippen LogP contribution in [0.5, 0.6) is 0 Å². The monoisotopic (exact) mass is 1080 g/mol. The predicted octanol–water partition coefficient (Wildman–Crippen LogP) is 17.8. The number of carbonyl (C=O) groups is 3. The molecule has 0 aliphatic rings. The smallest absolute Gasteiger partial charge is 0.462 e. The molecular formula is C64H107O11P. The summed E-state index contributed by atoms with van der Waals surface area (Å²) < 4.78 is 39.5. The highest BCUT2D eigenvalue weighted by Crippen LogP contribution is 2.43. The van der Waals surface area contributed by atoms with Gasteiger partial charge in [-0.3, -0.25) is 23.4 Å². The third-order valence-electron chi connectivity index (χ3n) is 12.1. The maximum Gasteiger partial charge on any atom is 0.472 e. The first-order valence-corrected chi connectivity index (χ1v) is 31.3. The lowest BCUT2D eigenvalue weighted by Crippen LogP contribution is -2.30. The molecule has 0 bridgehead atoms. The predicted molar refractivity (Wildman–Crippen MR) is 316 cm³/mol. The molecule has 0 aliphatic carbocycles. The molecule has 0 aromatic heterocycles. The number of aliphatic hydroxyl groups excluding tert-OH is 1. The van der Waals surface area contributed by atoms with Crippen LogP contribution in [0.2, 0.25) is 0 Å². The normalized spacial score (nSPS) is 14.1. The fraction of sp³-hybridized carbons (Fsp3) is 0.672. The van der Waals surface area contributed by atoms with Crippen LogP contribution < -0.4 is 0 Å². The summed E-state index contributed by atoms with van der Waals surface area (Å²) in [6.45, 7) is 4.31. The molecular weight excluding hydrogens is 976 g/mol. The third kappa shape index (κ3) is 54.9. The van der Waals surface area contributed by atoms with Crippen molar-refractivity contribution in [1.82, 2.24) is 0 Å². The van der Waals surface area contributed by atoms with E-state index in [9.17, 15) is 28.9 Å². The van der Waals surface area contributed by atoms with Gasteiger partial charge in [0.2, 0.25) is 0 Å². The van der Waals surface area contributed by atoms with E-state index in [1.165, 1.54) is 12.8 Å². The number of allylic oxidation sites excluding steroid dienone is 18. The number of unbranched alkanes of at least 4 members (excludes halogenated alkanes) is 19. The molecule has 0 aliphatic heterocycles. The Morgan fingerprint density at radius 3 is 1.05 bits per heavy atom. The van der Waals surface area contributed by atoms with E-state index in [0.717, 1.165) is 167 Å². The molecule has 2 N–H and O–H groups in total. The molecule has 0 heterocycles. The van der Waals surface area contributed by atoms with Crippen LogP contribution in [-0.2, 0) is 42.2 Å². The first-order chi connectivity index (χ1) is 37.2. The topological polar surface area (TPSA) is 155 Å². The van der Waals surface area contributed by atoms with E-state index in [2.05, 4.69) is 130 Å². The third-order valence-corrected chi connectivity index (χ3v) is 13.1. The number of hydrogen-bond acceptors (Lipinski definition) is 10. The maximum absolute atomic E-state index is 12.9. The Morgan fingerprint density at radius 1 is 0.382 bits per heavy atom. The fourth-order valence-corrected chi connectivity index (χ4v) is 8.48. The fourth-order valence-electron chi connectivity index (χ4n) is 7.69. The van der Waals surface area contributed by atoms with Crippen LogP contribution >= 0.6 is 7.82 Å². The molecule has 0 fully saturated rings. The molecule has 3 atom stereocenters. The Balaban J connectivity index is 4.79. The summed E-state index contributed by atoms with van der Waals surface area (Å²) in [5.41, 5.74) is 0. The van der Waals surface area contributed by atoms with Crippen LogP contribution in [0.4, 0.5) is 0 Å². The zero-order valence-electron chi connectivity index (χ0n) is 47.9. The number of ether oxygens (including phenoxy) is 3. The molecule has 0 saturated carbocycles. The van der Waals surface area contributed by atoms with Crippen molar-refractivity contribution >= 4 is 25.7 Å². The van der Waals surface area contributed by atoms with Gasteiger partial charge in [0.1, 0.15) is 12.7 Å². The van der Waals surface area contributed by atoms with E-state index >= 15 is 0 Å². The van der Waals surface area contributed by atoms with Crippen LogP contribution in [0.15, 0.2) is 109 Å². The first-order valence-electron chi connectivity index (χ1n) is 29.8. The quantitative estimate of drug-likeness (QED) is 0.0197. The van der Waals surface area contributed by atoms with Gasteiger partial charge < -0.3 is 24.2 Å². The van der Waals surface area contributed by atoms with Gasteiger partial charge in [-0.25, -0.2) is 4.57 Å². The van der Waals surface area contributed by atoms with Crippen molar-refractivity contribution in [2.45, 2.75) is 251 Å². The number of phosphoric acid groups is 1. The summed E-state index contributed by atoms with van der Waals surface area (Å²) >= 11 is 0. The Labute approximate surface area is 463 Å². The number of carbonyl (C=O) groups excluding carboxylic acids is 3. The lowest BCUT2D eigenvalue weighted by molar-refractivity contribution is -0.161. The Bertz CT molecular complexity index is 1690. The van der Waals surface area contributed by atoms with Gasteiger partial charge in [-0.15, -0.1) is 0 Å². The second-order valence-electron chi connectivity index (χ2n) is 19.4. The number of hydrogen-bond donors (Lipinski definition) is 2. The number of aliphatic hydroxyl groups is 1. The van der Waals surface area contributed by atoms with Crippen LogP contribution in [-0.4, -0.2) is 66.5 Å². The van der Waals surface area contributed by atoms with Crippen molar-refractivity contribution in [3.8, 4) is 0 Å². The minimum atomic E-state index is -4.77. The van der Waals surface area contributed by atoms with Gasteiger partial charge >= 0.3 is 25.7 Å². The van der Waals surface area contributed by atoms with Gasteiger partial charge in [0, 0.05) is 19.3 Å². The van der Waals surface area contributed by atoms with Gasteiger partial charge in [-0.1, -0.05) is 214 Å². The van der Waals surface area contributed by atoms with E-state index in [0.29, 0.717) is 19.3 Å². The van der Waals surface area contributed by atoms with Gasteiger partial charge in [0.25, 0.3) is 0 Å². The summed E-state index contributed by atoms with van der Waals surface area (Å²) in [6.07, 6.45) is 69.0. The summed E-state index contributed by atoms with van der Waals surface area (Å²) in [5, 5.41) is 9.82. The van der Waals surface area contributed by atoms with Crippen molar-refractivity contribution in [2.24, 2.45) is 0 Å². The Morgan fingerprint density at radius 2 is 0.684 bits per heavy atom. The minimum absolute atomic E-state index is 0.143. The van der Waals surface area contributed by atoms with E-state index < -0.39 is 57.8 Å². The highest BCUT2D eigenvalue weighted by atomic mass is 31.2. The molecule has 76 heavy (non-hydrogen) atoms. The first kappa shape index (κ1) is 72.1. The molecule has 3 unspecified atom stereocenters. The van der Waals surface area contributed by atoms with Crippen LogP contribution in [0.25, 0.3) is 0 Å². The molecule has 0 rings (SSSR count). The van der Waals surface area contributed by atoms with Gasteiger partial charge in [0.15, 0.2) is 6.10 Å². The lowest BCUT2D eigenvalue weighted by Gasteiger charge is -2.21. The number of esters is 3. The number of rotatable bonds is 54. The van der Waals surface area contributed by atoms with Gasteiger partial charge in [-0.05, 0) is 116 Å². The zero-order valence-corrected chi connectivity index (χ0v) is 48.8. The summed E-state index contributed by atoms with van der Waals surface area (Å²) in [5.74, 6) is -1.51. The molecule has 0 aromatic rings. The highest BCUT2D eigenvalue weighted by molar-refractivity contribution is 7.47. The van der Waals surface area contributed by atoms with Crippen LogP contribution in [0.1, 0.15) is 239 Å². The average molecular weight is 1080 g/mol. The average Bonchev–Trinajstić information content (AvgIpc) is 3.41. The van der Waals surface area contributed by atoms with E-state index in [-0.39, 0.29) is 25.9 Å². The zero-order chi connectivity index (χ0) is 55.5. The van der Waals surface area contributed by atoms with E-state index in [1.54, 1.807) is 0 Å². The molecule has 0 spiro atoms. The molecule has 12 heteroatoms. The van der Waals surface area contributed by atoms with Crippen molar-refractivity contribution in [3.63, 3.8) is 0 Å². The van der Waals surface area contributed by atoms with E-state index in [4.69, 9.17) is 23.3 Å². The van der Waals surface area contributed by atoms with Crippen molar-refractivity contribution in [2.75, 3.05) is 26.4 Å². The summed E-state index contributed by atoms with van der Waals surface area (Å²) in [4.78, 5) is 48.6. The largest absolute Gasteiger partial charge is 0.472 e. The molecule has 0 amide bonds. The van der Waals surface area contributed by atoms with E-state index in [1.807, 2.05) is 0 Å². The minimum Gasteiger partial charge on any atom is -0.462 e. The molecule has 0 radical (unpaired) electrons. The SMILES string of the molecule is CC/C=C\C/C=C\C/C=C\C/C=C\CCCCCCCCC(=O)OC(COC(=O)CCCCCCCCC/C=C\C/C=C\C/C=C\CC)COP(=O)(O)OCC(CO)OC(=O)CCCCCCC/C=C\C/C=C\CCC. The lowest BCUT2D eigenvalue weighted by atomic mass is 10.1. The van der Waals surface area contributed by atoms with Crippen molar-refractivity contribution in [1.29, 1.82) is 0 Å². The maximum atomic E-state index is 12.9. The highest BCUT2D eigenvalue weighted by Gasteiger charge is 2.28. The number of phosphoric ester groups is 1. The molecule has 11 nitrogen and oxygen atoms in total. The Hall–Kier alpha value is -3.86. The van der Waals surface area contributed by atoms with Crippen molar-refractivity contribution in [3.05, 3.63) is 109 Å². The van der Waals surface area contributed by atoms with Gasteiger partial charge in [0.05, 0.1) is 19.8 Å². The molecule has 0 saturated heterocycles. The molecule has 434 valence electrons.